The van der Waals surface area contributed by atoms with Gasteiger partial charge in [-0.1, -0.05) is 17.7 Å². The molecule has 0 aliphatic rings. The molecule has 0 aromatic heterocycles. The molecule has 0 fully saturated rings. The first-order valence-corrected chi connectivity index (χ1v) is 5.76. The molecule has 0 bridgehead atoms. The molecule has 0 amide bonds. The van der Waals surface area contributed by atoms with E-state index in [1.165, 1.54) is 30.3 Å². The zero-order chi connectivity index (χ0) is 14.7. The smallest absolute Gasteiger partial charge is 0.313 e. The Morgan fingerprint density at radius 1 is 1.30 bits per heavy atom. The molecule has 2 aromatic rings. The Bertz CT molecular complexity index is 690. The summed E-state index contributed by atoms with van der Waals surface area (Å²) >= 11 is 5.83. The van der Waals surface area contributed by atoms with Crippen molar-refractivity contribution in [2.75, 3.05) is 0 Å². The van der Waals surface area contributed by atoms with Crippen molar-refractivity contribution >= 4 is 23.6 Å². The van der Waals surface area contributed by atoms with E-state index in [4.69, 9.17) is 16.3 Å². The first-order valence-electron chi connectivity index (χ1n) is 5.38. The van der Waals surface area contributed by atoms with Crippen LogP contribution in [0.15, 0.2) is 36.4 Å². The summed E-state index contributed by atoms with van der Waals surface area (Å²) in [7, 11) is 0. The number of nitrogens with zero attached hydrogens (tertiary/aromatic N) is 1. The van der Waals surface area contributed by atoms with Crippen LogP contribution in [0.4, 0.5) is 10.1 Å². The molecule has 0 radical (unpaired) electrons. The Kier molecular flexibility index (Phi) is 3.95. The fraction of sp³-hybridized carbons (Fsp3) is 0. The van der Waals surface area contributed by atoms with Crippen LogP contribution in [0.1, 0.15) is 10.4 Å². The minimum atomic E-state index is -0.816. The van der Waals surface area contributed by atoms with E-state index in [1.807, 2.05) is 0 Å². The second-order valence-corrected chi connectivity index (χ2v) is 4.16. The summed E-state index contributed by atoms with van der Waals surface area (Å²) in [6, 6.07) is 7.46. The lowest BCUT2D eigenvalue weighted by Crippen LogP contribution is -1.96. The van der Waals surface area contributed by atoms with Gasteiger partial charge in [0.05, 0.1) is 9.95 Å². The third-order valence-corrected chi connectivity index (χ3v) is 2.74. The summed E-state index contributed by atoms with van der Waals surface area (Å²) in [6.07, 6.45) is 0.477. The zero-order valence-corrected chi connectivity index (χ0v) is 10.6. The first kappa shape index (κ1) is 14.0. The van der Waals surface area contributed by atoms with Crippen molar-refractivity contribution in [3.05, 3.63) is 62.9 Å². The predicted octanol–water partition coefficient (Wildman–Crippen LogP) is 3.99. The minimum absolute atomic E-state index is 0.0157. The van der Waals surface area contributed by atoms with E-state index in [9.17, 15) is 19.3 Å². The number of rotatable bonds is 4. The van der Waals surface area contributed by atoms with Gasteiger partial charge in [0.2, 0.25) is 5.75 Å². The molecule has 0 aliphatic carbocycles. The number of para-hydroxylation sites is 1. The Labute approximate surface area is 117 Å². The normalized spacial score (nSPS) is 10.1. The lowest BCUT2D eigenvalue weighted by molar-refractivity contribution is -0.385. The van der Waals surface area contributed by atoms with Crippen LogP contribution in [0.25, 0.3) is 0 Å². The van der Waals surface area contributed by atoms with E-state index in [0.29, 0.717) is 6.29 Å². The molecule has 0 unspecified atom stereocenters. The molecular formula is C13H7ClFNO4. The van der Waals surface area contributed by atoms with Gasteiger partial charge in [0.25, 0.3) is 0 Å². The lowest BCUT2D eigenvalue weighted by atomic mass is 10.2. The van der Waals surface area contributed by atoms with Crippen molar-refractivity contribution in [1.82, 2.24) is 0 Å². The Hall–Kier alpha value is -2.47. The summed E-state index contributed by atoms with van der Waals surface area (Å²) in [5, 5.41) is 10.9. The molecule has 0 saturated heterocycles. The number of nitro groups is 1. The fourth-order valence-corrected chi connectivity index (χ4v) is 1.73. The number of aldehydes is 1. The summed E-state index contributed by atoms with van der Waals surface area (Å²) in [6.45, 7) is 0. The number of ether oxygens (including phenoxy) is 1. The van der Waals surface area contributed by atoms with Gasteiger partial charge in [-0.05, 0) is 24.3 Å². The van der Waals surface area contributed by atoms with Crippen molar-refractivity contribution < 1.29 is 18.8 Å². The van der Waals surface area contributed by atoms with Gasteiger partial charge in [-0.25, -0.2) is 4.39 Å². The average molecular weight is 296 g/mol. The fourth-order valence-electron chi connectivity index (χ4n) is 1.53. The SMILES string of the molecule is O=Cc1ccc(Oc2c(Cl)cccc2[N+](=O)[O-])c(F)c1. The molecular weight excluding hydrogens is 289 g/mol. The lowest BCUT2D eigenvalue weighted by Gasteiger charge is -2.08. The number of benzene rings is 2. The van der Waals surface area contributed by atoms with Crippen molar-refractivity contribution in [2.45, 2.75) is 0 Å². The third-order valence-electron chi connectivity index (χ3n) is 2.45. The zero-order valence-electron chi connectivity index (χ0n) is 9.88. The van der Waals surface area contributed by atoms with Crippen LogP contribution in [0.3, 0.4) is 0 Å². The summed E-state index contributed by atoms with van der Waals surface area (Å²) < 4.78 is 18.9. The summed E-state index contributed by atoms with van der Waals surface area (Å²) in [5.74, 6) is -1.33. The Morgan fingerprint density at radius 3 is 2.65 bits per heavy atom. The molecule has 0 atom stereocenters. The molecule has 5 nitrogen and oxygen atoms in total. The highest BCUT2D eigenvalue weighted by molar-refractivity contribution is 6.32. The van der Waals surface area contributed by atoms with E-state index in [2.05, 4.69) is 0 Å². The van der Waals surface area contributed by atoms with Gasteiger partial charge in [0.1, 0.15) is 6.29 Å². The third kappa shape index (κ3) is 2.75. The highest BCUT2D eigenvalue weighted by atomic mass is 35.5. The average Bonchev–Trinajstić information content (AvgIpc) is 2.42. The van der Waals surface area contributed by atoms with Crippen molar-refractivity contribution in [1.29, 1.82) is 0 Å². The molecule has 0 N–H and O–H groups in total. The second kappa shape index (κ2) is 5.66. The van der Waals surface area contributed by atoms with Gasteiger partial charge < -0.3 is 4.74 Å². The van der Waals surface area contributed by atoms with Crippen LogP contribution in [-0.4, -0.2) is 11.2 Å². The van der Waals surface area contributed by atoms with Crippen molar-refractivity contribution in [3.8, 4) is 11.5 Å². The van der Waals surface area contributed by atoms with Gasteiger partial charge in [-0.3, -0.25) is 14.9 Å². The van der Waals surface area contributed by atoms with Crippen LogP contribution in [0, 0.1) is 15.9 Å². The Balaban J connectivity index is 2.44. The van der Waals surface area contributed by atoms with Gasteiger partial charge in [-0.15, -0.1) is 0 Å². The van der Waals surface area contributed by atoms with Gasteiger partial charge in [0, 0.05) is 11.6 Å². The van der Waals surface area contributed by atoms with E-state index in [0.717, 1.165) is 6.07 Å². The predicted molar refractivity (Wildman–Crippen MR) is 70.0 cm³/mol. The Morgan fingerprint density at radius 2 is 2.05 bits per heavy atom. The van der Waals surface area contributed by atoms with Crippen LogP contribution < -0.4 is 4.74 Å². The molecule has 7 heteroatoms. The minimum Gasteiger partial charge on any atom is -0.445 e. The van der Waals surface area contributed by atoms with Gasteiger partial charge in [-0.2, -0.15) is 0 Å². The monoisotopic (exact) mass is 295 g/mol. The standard InChI is InChI=1S/C13H7ClFNO4/c14-9-2-1-3-11(16(18)19)13(9)20-12-5-4-8(7-17)6-10(12)15/h1-7H. The van der Waals surface area contributed by atoms with Gasteiger partial charge >= 0.3 is 5.69 Å². The number of carbonyl (C=O) groups is 1. The maximum Gasteiger partial charge on any atom is 0.313 e. The molecule has 0 aliphatic heterocycles. The van der Waals surface area contributed by atoms with Crippen molar-refractivity contribution in [2.24, 2.45) is 0 Å². The number of hydrogen-bond acceptors (Lipinski definition) is 4. The molecule has 0 spiro atoms. The van der Waals surface area contributed by atoms with Crippen LogP contribution in [0.5, 0.6) is 11.5 Å². The second-order valence-electron chi connectivity index (χ2n) is 3.75. The molecule has 0 heterocycles. The van der Waals surface area contributed by atoms with E-state index in [-0.39, 0.29) is 27.8 Å². The topological polar surface area (TPSA) is 69.4 Å². The molecule has 2 aromatic carbocycles. The number of hydrogen-bond donors (Lipinski definition) is 0. The number of nitro benzene ring substituents is 1. The highest BCUT2D eigenvalue weighted by Gasteiger charge is 2.20. The summed E-state index contributed by atoms with van der Waals surface area (Å²) in [5.41, 5.74) is -0.250. The first-order chi connectivity index (χ1) is 9.52. The largest absolute Gasteiger partial charge is 0.445 e. The van der Waals surface area contributed by atoms with Crippen molar-refractivity contribution in [3.63, 3.8) is 0 Å². The number of halogens is 2. The maximum atomic E-state index is 13.7. The molecule has 0 saturated carbocycles. The van der Waals surface area contributed by atoms with E-state index >= 15 is 0 Å². The van der Waals surface area contributed by atoms with Crippen LogP contribution >= 0.6 is 11.6 Å². The van der Waals surface area contributed by atoms with E-state index in [1.54, 1.807) is 0 Å². The quantitative estimate of drug-likeness (QED) is 0.486. The highest BCUT2D eigenvalue weighted by Crippen LogP contribution is 2.38. The van der Waals surface area contributed by atoms with Crippen LogP contribution in [0.2, 0.25) is 5.02 Å². The van der Waals surface area contributed by atoms with Crippen LogP contribution in [-0.2, 0) is 0 Å². The van der Waals surface area contributed by atoms with E-state index < -0.39 is 10.7 Å². The maximum absolute atomic E-state index is 13.7. The molecule has 20 heavy (non-hydrogen) atoms. The van der Waals surface area contributed by atoms with Gasteiger partial charge in [0.15, 0.2) is 11.6 Å². The molecule has 2 rings (SSSR count). The molecule has 102 valence electrons. The number of carbonyl (C=O) groups excluding carboxylic acids is 1. The summed E-state index contributed by atoms with van der Waals surface area (Å²) in [4.78, 5) is 20.7.